The maximum Gasteiger partial charge on any atom is 0.265 e. The molecular formula is C19H26N4OS. The number of hydrogen-bond donors (Lipinski definition) is 1. The lowest BCUT2D eigenvalue weighted by Gasteiger charge is -2.36. The van der Waals surface area contributed by atoms with Gasteiger partial charge in [-0.3, -0.25) is 9.69 Å². The molecule has 1 N–H and O–H groups in total. The number of nitrogens with one attached hydrogen (secondary N) is 1. The summed E-state index contributed by atoms with van der Waals surface area (Å²) < 4.78 is 0. The second-order valence-corrected chi connectivity index (χ2v) is 7.69. The molecule has 5 nitrogen and oxygen atoms in total. The molecule has 0 spiro atoms. The SMILES string of the molecule is CCNc1nc(C)c(C(=O)N(C)C[C@H]2Cc3ccccc3CN2C)s1. The van der Waals surface area contributed by atoms with E-state index in [1.54, 1.807) is 0 Å². The molecule has 134 valence electrons. The third kappa shape index (κ3) is 3.85. The molecule has 0 radical (unpaired) electrons. The van der Waals surface area contributed by atoms with Gasteiger partial charge in [0.25, 0.3) is 5.91 Å². The molecule has 1 aliphatic rings. The number of nitrogens with zero attached hydrogens (tertiary/aromatic N) is 3. The van der Waals surface area contributed by atoms with Gasteiger partial charge in [-0.2, -0.15) is 0 Å². The fourth-order valence-electron chi connectivity index (χ4n) is 3.32. The van der Waals surface area contributed by atoms with E-state index in [9.17, 15) is 4.79 Å². The van der Waals surface area contributed by atoms with Gasteiger partial charge in [0.15, 0.2) is 5.13 Å². The van der Waals surface area contributed by atoms with Gasteiger partial charge in [0, 0.05) is 32.7 Å². The Kier molecular flexibility index (Phi) is 5.39. The number of amides is 1. The first-order chi connectivity index (χ1) is 12.0. The van der Waals surface area contributed by atoms with Crippen LogP contribution in [-0.2, 0) is 13.0 Å². The Morgan fingerprint density at radius 3 is 2.84 bits per heavy atom. The Hall–Kier alpha value is -1.92. The van der Waals surface area contributed by atoms with E-state index in [0.717, 1.165) is 41.8 Å². The summed E-state index contributed by atoms with van der Waals surface area (Å²) in [5.74, 6) is 0.0615. The largest absolute Gasteiger partial charge is 0.362 e. The molecule has 0 saturated carbocycles. The minimum Gasteiger partial charge on any atom is -0.362 e. The molecular weight excluding hydrogens is 332 g/mol. The third-order valence-corrected chi connectivity index (χ3v) is 5.87. The molecule has 2 heterocycles. The van der Waals surface area contributed by atoms with E-state index in [1.807, 2.05) is 25.8 Å². The maximum atomic E-state index is 12.9. The van der Waals surface area contributed by atoms with E-state index >= 15 is 0 Å². The van der Waals surface area contributed by atoms with Crippen molar-refractivity contribution in [3.8, 4) is 0 Å². The minimum absolute atomic E-state index is 0.0615. The van der Waals surface area contributed by atoms with E-state index in [-0.39, 0.29) is 5.91 Å². The number of anilines is 1. The Morgan fingerprint density at radius 2 is 2.12 bits per heavy atom. The summed E-state index contributed by atoms with van der Waals surface area (Å²) in [5, 5.41) is 4.01. The summed E-state index contributed by atoms with van der Waals surface area (Å²) in [6.07, 6.45) is 0.981. The van der Waals surface area contributed by atoms with Crippen molar-refractivity contribution in [3.05, 3.63) is 46.0 Å². The van der Waals surface area contributed by atoms with Crippen LogP contribution in [0.15, 0.2) is 24.3 Å². The van der Waals surface area contributed by atoms with Crippen molar-refractivity contribution < 1.29 is 4.79 Å². The highest BCUT2D eigenvalue weighted by molar-refractivity contribution is 7.17. The monoisotopic (exact) mass is 358 g/mol. The van der Waals surface area contributed by atoms with E-state index < -0.39 is 0 Å². The van der Waals surface area contributed by atoms with Crippen molar-refractivity contribution in [1.82, 2.24) is 14.8 Å². The highest BCUT2D eigenvalue weighted by atomic mass is 32.1. The van der Waals surface area contributed by atoms with Gasteiger partial charge in [0.2, 0.25) is 0 Å². The molecule has 1 amide bonds. The van der Waals surface area contributed by atoms with Gasteiger partial charge in [-0.1, -0.05) is 35.6 Å². The molecule has 2 aromatic rings. The van der Waals surface area contributed by atoms with E-state index in [1.165, 1.54) is 22.5 Å². The minimum atomic E-state index is 0.0615. The molecule has 0 aliphatic carbocycles. The summed E-state index contributed by atoms with van der Waals surface area (Å²) in [6.45, 7) is 6.40. The van der Waals surface area contributed by atoms with Crippen LogP contribution in [0.2, 0.25) is 0 Å². The highest BCUT2D eigenvalue weighted by Gasteiger charge is 2.27. The zero-order valence-corrected chi connectivity index (χ0v) is 16.2. The number of carbonyl (C=O) groups is 1. The number of likely N-dealkylation sites (N-methyl/N-ethyl adjacent to an activating group) is 2. The van der Waals surface area contributed by atoms with Gasteiger partial charge in [-0.05, 0) is 38.4 Å². The zero-order chi connectivity index (χ0) is 18.0. The van der Waals surface area contributed by atoms with Gasteiger partial charge in [-0.15, -0.1) is 0 Å². The molecule has 1 atom stereocenters. The number of rotatable bonds is 5. The first-order valence-electron chi connectivity index (χ1n) is 8.73. The lowest BCUT2D eigenvalue weighted by atomic mass is 9.94. The summed E-state index contributed by atoms with van der Waals surface area (Å²) in [5.41, 5.74) is 3.60. The summed E-state index contributed by atoms with van der Waals surface area (Å²) >= 11 is 1.44. The van der Waals surface area contributed by atoms with Gasteiger partial charge >= 0.3 is 0 Å². The molecule has 6 heteroatoms. The van der Waals surface area contributed by atoms with Gasteiger partial charge < -0.3 is 10.2 Å². The van der Waals surface area contributed by atoms with Crippen molar-refractivity contribution in [1.29, 1.82) is 0 Å². The van der Waals surface area contributed by atoms with Crippen molar-refractivity contribution in [2.24, 2.45) is 0 Å². The van der Waals surface area contributed by atoms with Crippen LogP contribution < -0.4 is 5.32 Å². The van der Waals surface area contributed by atoms with Crippen LogP contribution in [-0.4, -0.2) is 53.9 Å². The van der Waals surface area contributed by atoms with Crippen molar-refractivity contribution >= 4 is 22.4 Å². The number of aryl methyl sites for hydroxylation is 1. The lowest BCUT2D eigenvalue weighted by molar-refractivity contribution is 0.0737. The second-order valence-electron chi connectivity index (χ2n) is 6.69. The van der Waals surface area contributed by atoms with Crippen LogP contribution in [0, 0.1) is 6.92 Å². The van der Waals surface area contributed by atoms with Gasteiger partial charge in [0.05, 0.1) is 5.69 Å². The standard InChI is InChI=1S/C19H26N4OS/c1-5-20-19-21-13(2)17(25-19)18(24)23(4)12-16-10-14-8-6-7-9-15(14)11-22(16)3/h6-9,16H,5,10-12H2,1-4H3,(H,20,21)/t16-/m1/s1. The van der Waals surface area contributed by atoms with Gasteiger partial charge in [0.1, 0.15) is 4.88 Å². The van der Waals surface area contributed by atoms with E-state index in [0.29, 0.717) is 6.04 Å². The number of fused-ring (bicyclic) bond motifs is 1. The Bertz CT molecular complexity index is 758. The molecule has 25 heavy (non-hydrogen) atoms. The maximum absolute atomic E-state index is 12.9. The predicted molar refractivity (Wildman–Crippen MR) is 103 cm³/mol. The average Bonchev–Trinajstić information content (AvgIpc) is 2.95. The number of hydrogen-bond acceptors (Lipinski definition) is 5. The molecule has 0 bridgehead atoms. The first-order valence-corrected chi connectivity index (χ1v) is 9.55. The molecule has 0 fully saturated rings. The molecule has 1 aromatic heterocycles. The van der Waals surface area contributed by atoms with Crippen LogP contribution in [0.1, 0.15) is 33.4 Å². The molecule has 1 aliphatic heterocycles. The van der Waals surface area contributed by atoms with Gasteiger partial charge in [-0.25, -0.2) is 4.98 Å². The quantitative estimate of drug-likeness (QED) is 0.893. The topological polar surface area (TPSA) is 48.5 Å². The normalized spacial score (nSPS) is 17.2. The summed E-state index contributed by atoms with van der Waals surface area (Å²) in [7, 11) is 4.03. The average molecular weight is 359 g/mol. The van der Waals surface area contributed by atoms with Crippen molar-refractivity contribution in [2.75, 3.05) is 32.5 Å². The van der Waals surface area contributed by atoms with Crippen LogP contribution >= 0.6 is 11.3 Å². The fraction of sp³-hybridized carbons (Fsp3) is 0.474. The Morgan fingerprint density at radius 1 is 1.40 bits per heavy atom. The molecule has 0 saturated heterocycles. The second kappa shape index (κ2) is 7.54. The number of benzene rings is 1. The first kappa shape index (κ1) is 17.9. The summed E-state index contributed by atoms with van der Waals surface area (Å²) in [6, 6.07) is 8.92. The molecule has 1 aromatic carbocycles. The highest BCUT2D eigenvalue weighted by Crippen LogP contribution is 2.25. The lowest BCUT2D eigenvalue weighted by Crippen LogP contribution is -2.46. The summed E-state index contributed by atoms with van der Waals surface area (Å²) in [4.78, 5) is 22.2. The predicted octanol–water partition coefficient (Wildman–Crippen LogP) is 3.01. The third-order valence-electron chi connectivity index (χ3n) is 4.77. The van der Waals surface area contributed by atoms with Crippen LogP contribution in [0.4, 0.5) is 5.13 Å². The van der Waals surface area contributed by atoms with E-state index in [4.69, 9.17) is 0 Å². The Balaban J connectivity index is 1.69. The van der Waals surface area contributed by atoms with Crippen molar-refractivity contribution in [3.63, 3.8) is 0 Å². The van der Waals surface area contributed by atoms with Crippen LogP contribution in [0.3, 0.4) is 0 Å². The van der Waals surface area contributed by atoms with E-state index in [2.05, 4.69) is 46.5 Å². The molecule has 3 rings (SSSR count). The fourth-order valence-corrected chi connectivity index (χ4v) is 4.35. The number of aromatic nitrogens is 1. The van der Waals surface area contributed by atoms with Crippen LogP contribution in [0.25, 0.3) is 0 Å². The van der Waals surface area contributed by atoms with Crippen molar-refractivity contribution in [2.45, 2.75) is 32.9 Å². The zero-order valence-electron chi connectivity index (χ0n) is 15.4. The van der Waals surface area contributed by atoms with Crippen LogP contribution in [0.5, 0.6) is 0 Å². The number of thiazole rings is 1. The Labute approximate surface area is 153 Å². The number of carbonyl (C=O) groups excluding carboxylic acids is 1. The smallest absolute Gasteiger partial charge is 0.265 e. The molecule has 0 unspecified atom stereocenters.